The van der Waals surface area contributed by atoms with E-state index in [4.69, 9.17) is 11.6 Å². The fourth-order valence-electron chi connectivity index (χ4n) is 5.34. The largest absolute Gasteiger partial charge is 0.389 e. The third-order valence-corrected chi connectivity index (χ3v) is 7.10. The summed E-state index contributed by atoms with van der Waals surface area (Å²) in [7, 11) is 2.19. The highest BCUT2D eigenvalue weighted by atomic mass is 35.5. The van der Waals surface area contributed by atoms with E-state index in [1.165, 1.54) is 12.0 Å². The smallest absolute Gasteiger partial charge is 0.0761 e. The van der Waals surface area contributed by atoms with Gasteiger partial charge in [0.1, 0.15) is 0 Å². The molecule has 3 nitrogen and oxygen atoms in total. The molecule has 0 amide bonds. The molecule has 3 rings (SSSR count). The third-order valence-electron chi connectivity index (χ3n) is 6.86. The second-order valence-electron chi connectivity index (χ2n) is 9.87. The van der Waals surface area contributed by atoms with Gasteiger partial charge in [-0.15, -0.1) is 24.8 Å². The van der Waals surface area contributed by atoms with Gasteiger partial charge in [-0.1, -0.05) is 57.3 Å². The molecule has 168 valence electrons. The molecule has 1 saturated heterocycles. The van der Waals surface area contributed by atoms with E-state index in [2.05, 4.69) is 49.8 Å². The molecule has 3 unspecified atom stereocenters. The lowest BCUT2D eigenvalue weighted by molar-refractivity contribution is -0.114. The maximum Gasteiger partial charge on any atom is 0.0761 e. The van der Waals surface area contributed by atoms with Gasteiger partial charge in [0.25, 0.3) is 0 Å². The van der Waals surface area contributed by atoms with Gasteiger partial charge in [-0.3, -0.25) is 0 Å². The minimum Gasteiger partial charge on any atom is -0.389 e. The van der Waals surface area contributed by atoms with Crippen LogP contribution in [0.4, 0.5) is 0 Å². The molecule has 6 heteroatoms. The molecule has 3 atom stereocenters. The van der Waals surface area contributed by atoms with Crippen LogP contribution in [0, 0.1) is 11.3 Å². The van der Waals surface area contributed by atoms with Crippen LogP contribution in [0.1, 0.15) is 57.9 Å². The molecule has 29 heavy (non-hydrogen) atoms. The summed E-state index contributed by atoms with van der Waals surface area (Å²) in [5, 5.41) is 12.9. The Balaban J connectivity index is 0.00000210. The fourth-order valence-corrected chi connectivity index (χ4v) is 5.54. The van der Waals surface area contributed by atoms with Gasteiger partial charge in [-0.25, -0.2) is 0 Å². The summed E-state index contributed by atoms with van der Waals surface area (Å²) < 4.78 is 0. The van der Waals surface area contributed by atoms with Gasteiger partial charge in [0, 0.05) is 43.7 Å². The standard InChI is InChI=1S/C23H37ClN2O.2ClH/c1-22(2,3)21-10-5-6-11-23(21,27)20(18-8-7-9-19(24)16-18)17-26-14-12-25(4)13-15-26;;/h7-9,16,20-21,27H,5-6,10-15,17H2,1-4H3;2*1H. The second kappa shape index (κ2) is 11.0. The monoisotopic (exact) mass is 464 g/mol. The van der Waals surface area contributed by atoms with Gasteiger partial charge in [0.15, 0.2) is 0 Å². The molecular formula is C23H39Cl3N2O. The molecule has 0 spiro atoms. The van der Waals surface area contributed by atoms with Gasteiger partial charge in [-0.2, -0.15) is 0 Å². The number of hydrogen-bond donors (Lipinski definition) is 1. The van der Waals surface area contributed by atoms with Crippen LogP contribution in [-0.2, 0) is 0 Å². The molecular weight excluding hydrogens is 427 g/mol. The molecule has 2 aliphatic rings. The Bertz CT molecular complexity index is 629. The topological polar surface area (TPSA) is 26.7 Å². The van der Waals surface area contributed by atoms with Gasteiger partial charge < -0.3 is 14.9 Å². The maximum atomic E-state index is 12.2. The van der Waals surface area contributed by atoms with Crippen molar-refractivity contribution in [2.75, 3.05) is 39.8 Å². The quantitative estimate of drug-likeness (QED) is 0.637. The van der Waals surface area contributed by atoms with E-state index in [9.17, 15) is 5.11 Å². The van der Waals surface area contributed by atoms with Crippen LogP contribution >= 0.6 is 36.4 Å². The molecule has 1 heterocycles. The number of benzene rings is 1. The Morgan fingerprint density at radius 3 is 2.38 bits per heavy atom. The zero-order valence-corrected chi connectivity index (χ0v) is 20.8. The van der Waals surface area contributed by atoms with Crippen LogP contribution in [-0.4, -0.2) is 60.3 Å². The number of aliphatic hydroxyl groups is 1. The predicted molar refractivity (Wildman–Crippen MR) is 129 cm³/mol. The van der Waals surface area contributed by atoms with E-state index in [0.717, 1.165) is 57.0 Å². The van der Waals surface area contributed by atoms with Crippen LogP contribution in [0.25, 0.3) is 0 Å². The molecule has 0 aromatic heterocycles. The number of likely N-dealkylation sites (N-methyl/N-ethyl adjacent to an activating group) is 1. The Kier molecular flexibility index (Phi) is 10.3. The third kappa shape index (κ3) is 6.48. The highest BCUT2D eigenvalue weighted by molar-refractivity contribution is 6.30. The Labute approximate surface area is 195 Å². The van der Waals surface area contributed by atoms with Crippen LogP contribution in [0.5, 0.6) is 0 Å². The molecule has 1 aromatic rings. The van der Waals surface area contributed by atoms with Crippen LogP contribution < -0.4 is 0 Å². The van der Waals surface area contributed by atoms with Gasteiger partial charge in [0.05, 0.1) is 5.60 Å². The van der Waals surface area contributed by atoms with E-state index in [1.807, 2.05) is 12.1 Å². The van der Waals surface area contributed by atoms with Crippen molar-refractivity contribution in [3.8, 4) is 0 Å². The molecule has 0 radical (unpaired) electrons. The first kappa shape index (κ1) is 27.0. The van der Waals surface area contributed by atoms with Crippen molar-refractivity contribution >= 4 is 36.4 Å². The van der Waals surface area contributed by atoms with Crippen LogP contribution in [0.2, 0.25) is 5.02 Å². The number of hydrogen-bond acceptors (Lipinski definition) is 3. The van der Waals surface area contributed by atoms with Crippen molar-refractivity contribution in [3.63, 3.8) is 0 Å². The van der Waals surface area contributed by atoms with E-state index in [1.54, 1.807) is 0 Å². The average Bonchev–Trinajstić information content (AvgIpc) is 2.60. The number of nitrogens with zero attached hydrogens (tertiary/aromatic N) is 2. The molecule has 2 fully saturated rings. The average molecular weight is 466 g/mol. The van der Waals surface area contributed by atoms with Crippen molar-refractivity contribution < 1.29 is 5.11 Å². The molecule has 0 bridgehead atoms. The van der Waals surface area contributed by atoms with Crippen molar-refractivity contribution in [2.45, 2.75) is 58.0 Å². The zero-order valence-electron chi connectivity index (χ0n) is 18.4. The summed E-state index contributed by atoms with van der Waals surface area (Å²) in [5.74, 6) is 0.402. The van der Waals surface area contributed by atoms with Crippen LogP contribution in [0.3, 0.4) is 0 Å². The maximum absolute atomic E-state index is 12.2. The fraction of sp³-hybridized carbons (Fsp3) is 0.739. The number of rotatable bonds is 4. The van der Waals surface area contributed by atoms with Gasteiger partial charge in [-0.05, 0) is 48.9 Å². The highest BCUT2D eigenvalue weighted by Crippen LogP contribution is 2.51. The summed E-state index contributed by atoms with van der Waals surface area (Å²) in [6, 6.07) is 8.21. The Hall–Kier alpha value is -0.0300. The lowest BCUT2D eigenvalue weighted by Crippen LogP contribution is -2.55. The Morgan fingerprint density at radius 2 is 1.79 bits per heavy atom. The normalized spacial score (nSPS) is 27.6. The lowest BCUT2D eigenvalue weighted by Gasteiger charge is -2.52. The van der Waals surface area contributed by atoms with E-state index >= 15 is 0 Å². The van der Waals surface area contributed by atoms with Crippen molar-refractivity contribution in [2.24, 2.45) is 11.3 Å². The molecule has 1 N–H and O–H groups in total. The van der Waals surface area contributed by atoms with Gasteiger partial charge >= 0.3 is 0 Å². The summed E-state index contributed by atoms with van der Waals surface area (Å²) in [4.78, 5) is 4.93. The lowest BCUT2D eigenvalue weighted by atomic mass is 9.58. The first-order valence-corrected chi connectivity index (χ1v) is 11.0. The molecule has 1 aliphatic heterocycles. The molecule has 1 saturated carbocycles. The van der Waals surface area contributed by atoms with E-state index in [0.29, 0.717) is 5.92 Å². The first-order valence-electron chi connectivity index (χ1n) is 10.6. The summed E-state index contributed by atoms with van der Waals surface area (Å²) in [5.41, 5.74) is 0.610. The molecule has 1 aliphatic carbocycles. The number of halogens is 3. The second-order valence-corrected chi connectivity index (χ2v) is 10.3. The summed E-state index contributed by atoms with van der Waals surface area (Å²) in [6.07, 6.45) is 4.34. The zero-order chi connectivity index (χ0) is 19.7. The predicted octanol–water partition coefficient (Wildman–Crippen LogP) is 5.48. The van der Waals surface area contributed by atoms with E-state index < -0.39 is 5.60 Å². The summed E-state index contributed by atoms with van der Waals surface area (Å²) >= 11 is 6.36. The van der Waals surface area contributed by atoms with Crippen molar-refractivity contribution in [1.29, 1.82) is 0 Å². The van der Waals surface area contributed by atoms with E-state index in [-0.39, 0.29) is 36.1 Å². The minimum atomic E-state index is -0.676. The SMILES string of the molecule is CN1CCN(CC(c2cccc(Cl)c2)C2(O)CCCCC2C(C)(C)C)CC1.Cl.Cl. The van der Waals surface area contributed by atoms with Crippen molar-refractivity contribution in [3.05, 3.63) is 34.9 Å². The highest BCUT2D eigenvalue weighted by Gasteiger charge is 2.50. The minimum absolute atomic E-state index is 0. The molecule has 1 aromatic carbocycles. The first-order chi connectivity index (χ1) is 12.7. The number of piperazine rings is 1. The van der Waals surface area contributed by atoms with Gasteiger partial charge in [0.2, 0.25) is 0 Å². The van der Waals surface area contributed by atoms with Crippen LogP contribution in [0.15, 0.2) is 24.3 Å². The summed E-state index contributed by atoms with van der Waals surface area (Å²) in [6.45, 7) is 12.1. The van der Waals surface area contributed by atoms with Crippen molar-refractivity contribution in [1.82, 2.24) is 9.80 Å². The Morgan fingerprint density at radius 1 is 1.14 bits per heavy atom.